The van der Waals surface area contributed by atoms with Crippen molar-refractivity contribution in [3.05, 3.63) is 61.1 Å². The summed E-state index contributed by atoms with van der Waals surface area (Å²) < 4.78 is 6.03. The number of ketones is 1. The topological polar surface area (TPSA) is 26.3 Å². The Bertz CT molecular complexity index is 641. The van der Waals surface area contributed by atoms with Crippen LogP contribution in [0.25, 0.3) is 0 Å². The van der Waals surface area contributed by atoms with Gasteiger partial charge in [0.1, 0.15) is 5.75 Å². The molecule has 0 fully saturated rings. The first-order chi connectivity index (χ1) is 9.02. The SMILES string of the molecule is COc1ccc(Cl)cc1C(=O)c1cc(Cl)ccc1I. The largest absolute Gasteiger partial charge is 0.496 e. The second-order valence-corrected chi connectivity index (χ2v) is 5.83. The molecule has 2 aromatic rings. The van der Waals surface area contributed by atoms with E-state index in [1.54, 1.807) is 36.4 Å². The van der Waals surface area contributed by atoms with Crippen LogP contribution < -0.4 is 4.74 Å². The Morgan fingerprint density at radius 1 is 1.05 bits per heavy atom. The molecule has 0 radical (unpaired) electrons. The van der Waals surface area contributed by atoms with Gasteiger partial charge in [0.05, 0.1) is 12.7 Å². The van der Waals surface area contributed by atoms with Gasteiger partial charge in [-0.05, 0) is 59.0 Å². The predicted molar refractivity (Wildman–Crippen MR) is 85.6 cm³/mol. The number of carbonyl (C=O) groups excluding carboxylic acids is 1. The van der Waals surface area contributed by atoms with Gasteiger partial charge in [-0.25, -0.2) is 0 Å². The van der Waals surface area contributed by atoms with E-state index in [4.69, 9.17) is 27.9 Å². The molecule has 0 saturated carbocycles. The van der Waals surface area contributed by atoms with Crippen molar-refractivity contribution < 1.29 is 9.53 Å². The lowest BCUT2D eigenvalue weighted by Gasteiger charge is -2.09. The number of hydrogen-bond donors (Lipinski definition) is 0. The average molecular weight is 407 g/mol. The van der Waals surface area contributed by atoms with Crippen molar-refractivity contribution >= 4 is 51.6 Å². The quantitative estimate of drug-likeness (QED) is 0.538. The van der Waals surface area contributed by atoms with Gasteiger partial charge in [0.15, 0.2) is 5.78 Å². The predicted octanol–water partition coefficient (Wildman–Crippen LogP) is 4.84. The fourth-order valence-corrected chi connectivity index (χ4v) is 2.60. The molecule has 0 unspecified atom stereocenters. The number of halogens is 3. The molecule has 19 heavy (non-hydrogen) atoms. The first-order valence-corrected chi connectivity index (χ1v) is 7.19. The van der Waals surface area contributed by atoms with Crippen molar-refractivity contribution in [3.8, 4) is 5.75 Å². The monoisotopic (exact) mass is 406 g/mol. The highest BCUT2D eigenvalue weighted by Crippen LogP contribution is 2.28. The Morgan fingerprint density at radius 3 is 2.26 bits per heavy atom. The van der Waals surface area contributed by atoms with Gasteiger partial charge in [-0.1, -0.05) is 23.2 Å². The average Bonchev–Trinajstić information content (AvgIpc) is 2.40. The van der Waals surface area contributed by atoms with Crippen LogP contribution in [-0.2, 0) is 0 Å². The van der Waals surface area contributed by atoms with E-state index < -0.39 is 0 Å². The van der Waals surface area contributed by atoms with Gasteiger partial charge in [-0.3, -0.25) is 4.79 Å². The van der Waals surface area contributed by atoms with E-state index in [2.05, 4.69) is 22.6 Å². The van der Waals surface area contributed by atoms with Crippen LogP contribution in [0, 0.1) is 3.57 Å². The first-order valence-electron chi connectivity index (χ1n) is 5.36. The molecule has 0 atom stereocenters. The molecule has 0 spiro atoms. The van der Waals surface area contributed by atoms with E-state index in [0.29, 0.717) is 26.9 Å². The Labute approximate surface area is 134 Å². The number of benzene rings is 2. The summed E-state index contributed by atoms with van der Waals surface area (Å²) in [6, 6.07) is 10.1. The minimum atomic E-state index is -0.161. The van der Waals surface area contributed by atoms with E-state index in [1.165, 1.54) is 7.11 Å². The van der Waals surface area contributed by atoms with Gasteiger partial charge < -0.3 is 4.74 Å². The Balaban J connectivity index is 2.55. The molecular formula is C14H9Cl2IO2. The van der Waals surface area contributed by atoms with Crippen molar-refractivity contribution in [3.63, 3.8) is 0 Å². The highest BCUT2D eigenvalue weighted by Gasteiger charge is 2.17. The van der Waals surface area contributed by atoms with E-state index >= 15 is 0 Å². The first kappa shape index (κ1) is 14.6. The molecule has 0 aliphatic carbocycles. The number of hydrogen-bond acceptors (Lipinski definition) is 2. The Hall–Kier alpha value is -0.780. The number of methoxy groups -OCH3 is 1. The van der Waals surface area contributed by atoms with Crippen molar-refractivity contribution in [2.75, 3.05) is 7.11 Å². The van der Waals surface area contributed by atoms with Crippen molar-refractivity contribution in [1.29, 1.82) is 0 Å². The summed E-state index contributed by atoms with van der Waals surface area (Å²) in [5.74, 6) is 0.330. The van der Waals surface area contributed by atoms with Crippen LogP contribution in [0.5, 0.6) is 5.75 Å². The molecule has 2 rings (SSSR count). The summed E-state index contributed by atoms with van der Waals surface area (Å²) in [6.45, 7) is 0. The fourth-order valence-electron chi connectivity index (χ4n) is 1.67. The second-order valence-electron chi connectivity index (χ2n) is 3.80. The summed E-state index contributed by atoms with van der Waals surface area (Å²) in [5, 5.41) is 1.01. The highest BCUT2D eigenvalue weighted by atomic mass is 127. The molecule has 0 aromatic heterocycles. The molecule has 0 heterocycles. The third-order valence-electron chi connectivity index (χ3n) is 2.58. The Kier molecular flexibility index (Phi) is 4.71. The summed E-state index contributed by atoms with van der Waals surface area (Å²) in [4.78, 5) is 12.5. The van der Waals surface area contributed by atoms with E-state index in [1.807, 2.05) is 0 Å². The molecule has 2 aromatic carbocycles. The van der Waals surface area contributed by atoms with Crippen molar-refractivity contribution in [2.24, 2.45) is 0 Å². The zero-order chi connectivity index (χ0) is 14.0. The van der Waals surface area contributed by atoms with Gasteiger partial charge >= 0.3 is 0 Å². The molecule has 2 nitrogen and oxygen atoms in total. The van der Waals surface area contributed by atoms with E-state index in [0.717, 1.165) is 3.57 Å². The lowest BCUT2D eigenvalue weighted by Crippen LogP contribution is -2.06. The van der Waals surface area contributed by atoms with Crippen LogP contribution in [0.15, 0.2) is 36.4 Å². The molecule has 5 heteroatoms. The van der Waals surface area contributed by atoms with Crippen molar-refractivity contribution in [1.82, 2.24) is 0 Å². The third kappa shape index (κ3) is 3.22. The lowest BCUT2D eigenvalue weighted by atomic mass is 10.0. The summed E-state index contributed by atoms with van der Waals surface area (Å²) in [7, 11) is 1.52. The van der Waals surface area contributed by atoms with E-state index in [-0.39, 0.29) is 5.78 Å². The molecule has 0 saturated heterocycles. The highest BCUT2D eigenvalue weighted by molar-refractivity contribution is 14.1. The minimum absolute atomic E-state index is 0.161. The van der Waals surface area contributed by atoms with Crippen LogP contribution in [0.4, 0.5) is 0 Å². The molecule has 0 amide bonds. The van der Waals surface area contributed by atoms with Gasteiger partial charge in [0.25, 0.3) is 0 Å². The molecular weight excluding hydrogens is 398 g/mol. The van der Waals surface area contributed by atoms with Gasteiger partial charge in [0, 0.05) is 19.2 Å². The van der Waals surface area contributed by atoms with Crippen LogP contribution >= 0.6 is 45.8 Å². The lowest BCUT2D eigenvalue weighted by molar-refractivity contribution is 0.103. The van der Waals surface area contributed by atoms with Gasteiger partial charge in [0.2, 0.25) is 0 Å². The number of ether oxygens (including phenoxy) is 1. The van der Waals surface area contributed by atoms with Crippen LogP contribution in [0.1, 0.15) is 15.9 Å². The zero-order valence-electron chi connectivity index (χ0n) is 9.91. The molecule has 0 N–H and O–H groups in total. The summed E-state index contributed by atoms with van der Waals surface area (Å²) in [6.07, 6.45) is 0. The number of carbonyl (C=O) groups is 1. The maximum atomic E-state index is 12.5. The summed E-state index contributed by atoms with van der Waals surface area (Å²) in [5.41, 5.74) is 0.962. The number of rotatable bonds is 3. The molecule has 98 valence electrons. The maximum Gasteiger partial charge on any atom is 0.197 e. The van der Waals surface area contributed by atoms with Crippen LogP contribution in [-0.4, -0.2) is 12.9 Å². The molecule has 0 aliphatic rings. The zero-order valence-corrected chi connectivity index (χ0v) is 13.6. The smallest absolute Gasteiger partial charge is 0.197 e. The molecule has 0 aliphatic heterocycles. The maximum absolute atomic E-state index is 12.5. The minimum Gasteiger partial charge on any atom is -0.496 e. The fraction of sp³-hybridized carbons (Fsp3) is 0.0714. The normalized spacial score (nSPS) is 10.3. The second kappa shape index (κ2) is 6.11. The Morgan fingerprint density at radius 2 is 1.63 bits per heavy atom. The third-order valence-corrected chi connectivity index (χ3v) is 3.99. The van der Waals surface area contributed by atoms with Crippen LogP contribution in [0.3, 0.4) is 0 Å². The van der Waals surface area contributed by atoms with Crippen LogP contribution in [0.2, 0.25) is 10.0 Å². The van der Waals surface area contributed by atoms with Gasteiger partial charge in [-0.15, -0.1) is 0 Å². The standard InChI is InChI=1S/C14H9Cl2IO2/c1-19-13-5-3-9(16)7-11(13)14(18)10-6-8(15)2-4-12(10)17/h2-7H,1H3. The molecule has 0 bridgehead atoms. The van der Waals surface area contributed by atoms with Crippen molar-refractivity contribution in [2.45, 2.75) is 0 Å². The van der Waals surface area contributed by atoms with E-state index in [9.17, 15) is 4.79 Å². The van der Waals surface area contributed by atoms with Gasteiger partial charge in [-0.2, -0.15) is 0 Å². The summed E-state index contributed by atoms with van der Waals surface area (Å²) >= 11 is 14.0.